The van der Waals surface area contributed by atoms with Crippen molar-refractivity contribution in [3.63, 3.8) is 0 Å². The Hall–Kier alpha value is -1.52. The van der Waals surface area contributed by atoms with Crippen LogP contribution in [-0.2, 0) is 6.18 Å². The van der Waals surface area contributed by atoms with E-state index in [1.165, 1.54) is 31.4 Å². The summed E-state index contributed by atoms with van der Waals surface area (Å²) in [6.45, 7) is 0. The van der Waals surface area contributed by atoms with Crippen LogP contribution in [0.1, 0.15) is 54.4 Å². The molecule has 0 radical (unpaired) electrons. The first-order chi connectivity index (χ1) is 10.8. The lowest BCUT2D eigenvalue weighted by Crippen LogP contribution is -2.59. The molecule has 0 aliphatic heterocycles. The summed E-state index contributed by atoms with van der Waals surface area (Å²) < 4.78 is 37.8. The normalized spacial score (nSPS) is 35.3. The second-order valence-corrected chi connectivity index (χ2v) is 7.73. The monoisotopic (exact) mass is 323 g/mol. The SMILES string of the molecule is O=C(NC12CC3CC(CC(C3)C1)C2)c1ccc(C(F)(F)F)cc1. The van der Waals surface area contributed by atoms with Gasteiger partial charge in [0.2, 0.25) is 0 Å². The molecule has 4 aliphatic rings. The molecule has 0 spiro atoms. The average molecular weight is 323 g/mol. The number of alkyl halides is 3. The maximum atomic E-state index is 12.6. The minimum absolute atomic E-state index is 0.117. The Morgan fingerprint density at radius 1 is 0.957 bits per heavy atom. The molecular formula is C18H20F3NO. The van der Waals surface area contributed by atoms with Crippen LogP contribution in [0, 0.1) is 17.8 Å². The molecule has 5 heteroatoms. The first-order valence-corrected chi connectivity index (χ1v) is 8.33. The van der Waals surface area contributed by atoms with Gasteiger partial charge in [0.15, 0.2) is 0 Å². The highest BCUT2D eigenvalue weighted by Gasteiger charge is 2.51. The first kappa shape index (κ1) is 15.0. The Morgan fingerprint density at radius 3 is 1.87 bits per heavy atom. The fraction of sp³-hybridized carbons (Fsp3) is 0.611. The number of carbonyl (C=O) groups is 1. The predicted octanol–water partition coefficient (Wildman–Crippen LogP) is 4.40. The van der Waals surface area contributed by atoms with Crippen LogP contribution in [0.15, 0.2) is 24.3 Å². The van der Waals surface area contributed by atoms with E-state index >= 15 is 0 Å². The molecule has 0 saturated heterocycles. The molecule has 4 saturated carbocycles. The van der Waals surface area contributed by atoms with Gasteiger partial charge >= 0.3 is 6.18 Å². The van der Waals surface area contributed by atoms with Gasteiger partial charge < -0.3 is 5.32 Å². The maximum Gasteiger partial charge on any atom is 0.416 e. The zero-order chi connectivity index (χ0) is 16.2. The van der Waals surface area contributed by atoms with Gasteiger partial charge in [-0.3, -0.25) is 4.79 Å². The number of rotatable bonds is 2. The molecule has 1 amide bonds. The number of carbonyl (C=O) groups excluding carboxylic acids is 1. The molecule has 0 aromatic heterocycles. The number of halogens is 3. The van der Waals surface area contributed by atoms with Crippen molar-refractivity contribution in [3.05, 3.63) is 35.4 Å². The van der Waals surface area contributed by atoms with E-state index in [1.54, 1.807) is 0 Å². The van der Waals surface area contributed by atoms with E-state index in [1.807, 2.05) is 0 Å². The first-order valence-electron chi connectivity index (χ1n) is 8.33. The summed E-state index contributed by atoms with van der Waals surface area (Å²) in [5, 5.41) is 3.18. The van der Waals surface area contributed by atoms with Crippen LogP contribution < -0.4 is 5.32 Å². The van der Waals surface area contributed by atoms with E-state index in [0.717, 1.165) is 31.4 Å². The van der Waals surface area contributed by atoms with Crippen LogP contribution in [-0.4, -0.2) is 11.4 Å². The van der Waals surface area contributed by atoms with Gasteiger partial charge in [0, 0.05) is 11.1 Å². The molecule has 4 bridgehead atoms. The van der Waals surface area contributed by atoms with Crippen molar-refractivity contribution >= 4 is 5.91 Å². The molecule has 124 valence electrons. The number of amides is 1. The van der Waals surface area contributed by atoms with Crippen LogP contribution in [0.4, 0.5) is 13.2 Å². The number of nitrogens with one attached hydrogen (secondary N) is 1. The summed E-state index contributed by atoms with van der Waals surface area (Å²) in [6.07, 6.45) is 2.59. The molecule has 4 fully saturated rings. The van der Waals surface area contributed by atoms with Crippen LogP contribution >= 0.6 is 0 Å². The molecule has 1 N–H and O–H groups in total. The smallest absolute Gasteiger partial charge is 0.347 e. The minimum Gasteiger partial charge on any atom is -0.347 e. The lowest BCUT2D eigenvalue weighted by atomic mass is 9.53. The van der Waals surface area contributed by atoms with Gasteiger partial charge in [-0.1, -0.05) is 0 Å². The van der Waals surface area contributed by atoms with Crippen LogP contribution in [0.5, 0.6) is 0 Å². The predicted molar refractivity (Wildman–Crippen MR) is 79.8 cm³/mol. The second kappa shape index (κ2) is 4.99. The van der Waals surface area contributed by atoms with Crippen LogP contribution in [0.2, 0.25) is 0 Å². The standard InChI is InChI=1S/C18H20F3NO/c19-18(20,21)15-3-1-14(2-4-15)16(23)22-17-8-11-5-12(9-17)7-13(6-11)10-17/h1-4,11-13H,5-10H2,(H,22,23). The van der Waals surface area contributed by atoms with Crippen molar-refractivity contribution in [1.82, 2.24) is 5.32 Å². The third-order valence-corrected chi connectivity index (χ3v) is 5.89. The van der Waals surface area contributed by atoms with Gasteiger partial charge in [-0.25, -0.2) is 0 Å². The molecular weight excluding hydrogens is 303 g/mol. The van der Waals surface area contributed by atoms with Crippen LogP contribution in [0.25, 0.3) is 0 Å². The summed E-state index contributed by atoms with van der Waals surface area (Å²) in [4.78, 5) is 12.5. The third-order valence-electron chi connectivity index (χ3n) is 5.89. The van der Waals surface area contributed by atoms with Gasteiger partial charge in [-0.15, -0.1) is 0 Å². The lowest BCUT2D eigenvalue weighted by molar-refractivity contribution is -0.137. The largest absolute Gasteiger partial charge is 0.416 e. The van der Waals surface area contributed by atoms with Crippen molar-refractivity contribution in [2.45, 2.75) is 50.2 Å². The Labute approximate surface area is 133 Å². The molecule has 1 aromatic carbocycles. The molecule has 23 heavy (non-hydrogen) atoms. The molecule has 0 unspecified atom stereocenters. The van der Waals surface area contributed by atoms with Gasteiger partial charge in [0.25, 0.3) is 5.91 Å². The van der Waals surface area contributed by atoms with Crippen molar-refractivity contribution in [3.8, 4) is 0 Å². The van der Waals surface area contributed by atoms with Crippen molar-refractivity contribution in [2.75, 3.05) is 0 Å². The topological polar surface area (TPSA) is 29.1 Å². The average Bonchev–Trinajstić information content (AvgIpc) is 2.44. The van der Waals surface area contributed by atoms with E-state index in [-0.39, 0.29) is 11.4 Å². The Balaban J connectivity index is 1.50. The zero-order valence-corrected chi connectivity index (χ0v) is 12.8. The third kappa shape index (κ3) is 2.74. The Bertz CT molecular complexity index is 585. The summed E-state index contributed by atoms with van der Waals surface area (Å²) in [5.74, 6) is 1.91. The molecule has 2 nitrogen and oxygen atoms in total. The fourth-order valence-electron chi connectivity index (χ4n) is 5.39. The van der Waals surface area contributed by atoms with Crippen LogP contribution in [0.3, 0.4) is 0 Å². The molecule has 4 aliphatic carbocycles. The molecule has 1 aromatic rings. The van der Waals surface area contributed by atoms with E-state index in [2.05, 4.69) is 5.32 Å². The summed E-state index contributed by atoms with van der Waals surface area (Å²) in [7, 11) is 0. The molecule has 0 atom stereocenters. The van der Waals surface area contributed by atoms with E-state index in [0.29, 0.717) is 23.3 Å². The number of hydrogen-bond donors (Lipinski definition) is 1. The molecule has 5 rings (SSSR count). The van der Waals surface area contributed by atoms with E-state index in [9.17, 15) is 18.0 Å². The highest BCUT2D eigenvalue weighted by molar-refractivity contribution is 5.94. The highest BCUT2D eigenvalue weighted by Crippen LogP contribution is 2.55. The summed E-state index contributed by atoms with van der Waals surface area (Å²) in [6, 6.07) is 4.51. The van der Waals surface area contributed by atoms with Crippen molar-refractivity contribution < 1.29 is 18.0 Å². The summed E-state index contributed by atoms with van der Waals surface area (Å²) >= 11 is 0. The van der Waals surface area contributed by atoms with E-state index in [4.69, 9.17) is 0 Å². The van der Waals surface area contributed by atoms with Crippen molar-refractivity contribution in [2.24, 2.45) is 17.8 Å². The Kier molecular flexibility index (Phi) is 3.26. The fourth-order valence-corrected chi connectivity index (χ4v) is 5.39. The van der Waals surface area contributed by atoms with Gasteiger partial charge in [0.05, 0.1) is 5.56 Å². The lowest BCUT2D eigenvalue weighted by Gasteiger charge is -2.56. The van der Waals surface area contributed by atoms with Gasteiger partial charge in [0.1, 0.15) is 0 Å². The van der Waals surface area contributed by atoms with Gasteiger partial charge in [-0.2, -0.15) is 13.2 Å². The highest BCUT2D eigenvalue weighted by atomic mass is 19.4. The number of benzene rings is 1. The quantitative estimate of drug-likeness (QED) is 0.858. The van der Waals surface area contributed by atoms with E-state index < -0.39 is 11.7 Å². The number of hydrogen-bond acceptors (Lipinski definition) is 1. The maximum absolute atomic E-state index is 12.6. The van der Waals surface area contributed by atoms with Gasteiger partial charge in [-0.05, 0) is 80.5 Å². The van der Waals surface area contributed by atoms with Crippen molar-refractivity contribution in [1.29, 1.82) is 0 Å². The summed E-state index contributed by atoms with van der Waals surface area (Å²) in [5.41, 5.74) is -0.522. The molecule has 0 heterocycles. The Morgan fingerprint density at radius 2 is 1.43 bits per heavy atom. The zero-order valence-electron chi connectivity index (χ0n) is 12.8. The second-order valence-electron chi connectivity index (χ2n) is 7.73. The minimum atomic E-state index is -4.37.